The average molecular weight is 493 g/mol. The van der Waals surface area contributed by atoms with Crippen LogP contribution in [0.3, 0.4) is 0 Å². The van der Waals surface area contributed by atoms with Gasteiger partial charge in [-0.3, -0.25) is 4.79 Å². The minimum Gasteiger partial charge on any atom is -0.451 e. The van der Waals surface area contributed by atoms with Crippen LogP contribution in [0.4, 0.5) is 8.78 Å². The van der Waals surface area contributed by atoms with E-state index in [0.717, 1.165) is 41.7 Å². The van der Waals surface area contributed by atoms with Gasteiger partial charge < -0.3 is 4.74 Å². The summed E-state index contributed by atoms with van der Waals surface area (Å²) in [5, 5.41) is 7.83. The molecule has 1 aromatic heterocycles. The third-order valence-corrected chi connectivity index (χ3v) is 7.08. The van der Waals surface area contributed by atoms with E-state index in [1.165, 1.54) is 40.6 Å². The number of hydrazone groups is 1. The van der Waals surface area contributed by atoms with Crippen molar-refractivity contribution in [1.82, 2.24) is 5.01 Å². The molecule has 1 saturated carbocycles. The van der Waals surface area contributed by atoms with Crippen LogP contribution in [0, 0.1) is 17.6 Å². The second kappa shape index (κ2) is 9.92. The lowest BCUT2D eigenvalue weighted by Crippen LogP contribution is -2.34. The van der Waals surface area contributed by atoms with E-state index in [1.807, 2.05) is 6.08 Å². The molecule has 2 heterocycles. The summed E-state index contributed by atoms with van der Waals surface area (Å²) in [5.74, 6) is -1.77. The van der Waals surface area contributed by atoms with Gasteiger partial charge in [-0.2, -0.15) is 5.10 Å². The third kappa shape index (κ3) is 4.93. The van der Waals surface area contributed by atoms with Crippen LogP contribution >= 0.6 is 11.3 Å². The third-order valence-electron chi connectivity index (χ3n) is 6.23. The van der Waals surface area contributed by atoms with Crippen molar-refractivity contribution in [1.29, 1.82) is 0 Å². The maximum absolute atomic E-state index is 13.6. The topological polar surface area (TPSA) is 59.0 Å². The molecule has 1 fully saturated rings. The second-order valence-corrected chi connectivity index (χ2v) is 9.44. The summed E-state index contributed by atoms with van der Waals surface area (Å²) >= 11 is 1.24. The minimum atomic E-state index is -0.562. The highest BCUT2D eigenvalue weighted by Crippen LogP contribution is 2.44. The van der Waals surface area contributed by atoms with Gasteiger partial charge in [-0.05, 0) is 77.8 Å². The lowest BCUT2D eigenvalue weighted by atomic mass is 9.77. The summed E-state index contributed by atoms with van der Waals surface area (Å²) in [7, 11) is 0. The zero-order valence-electron chi connectivity index (χ0n) is 18.7. The second-order valence-electron chi connectivity index (χ2n) is 8.49. The van der Waals surface area contributed by atoms with Crippen molar-refractivity contribution in [3.05, 3.63) is 99.3 Å². The van der Waals surface area contributed by atoms with Crippen molar-refractivity contribution in [2.75, 3.05) is 6.61 Å². The normalized spacial score (nSPS) is 20.5. The molecule has 0 N–H and O–H groups in total. The predicted octanol–water partition coefficient (Wildman–Crippen LogP) is 6.01. The number of hydrogen-bond acceptors (Lipinski definition) is 5. The molecule has 2 aromatic carbocycles. The van der Waals surface area contributed by atoms with Crippen LogP contribution in [0.15, 0.2) is 76.7 Å². The molecule has 5 rings (SSSR count). The highest BCUT2D eigenvalue weighted by atomic mass is 32.1. The van der Waals surface area contributed by atoms with Crippen LogP contribution in [0.5, 0.6) is 0 Å². The van der Waals surface area contributed by atoms with Crippen LogP contribution in [0.25, 0.3) is 6.08 Å². The van der Waals surface area contributed by atoms with Crippen molar-refractivity contribution in [2.45, 2.75) is 25.3 Å². The Bertz CT molecular complexity index is 1280. The van der Waals surface area contributed by atoms with Crippen molar-refractivity contribution in [3.8, 4) is 0 Å². The fraction of sp³-hybridized carbons (Fsp3) is 0.222. The zero-order chi connectivity index (χ0) is 24.4. The summed E-state index contributed by atoms with van der Waals surface area (Å²) in [6, 6.07) is 15.2. The molecular weight excluding hydrogens is 470 g/mol. The molecule has 1 aliphatic carbocycles. The molecule has 178 valence electrons. The van der Waals surface area contributed by atoms with E-state index < -0.39 is 24.5 Å². The molecule has 0 saturated heterocycles. The summed E-state index contributed by atoms with van der Waals surface area (Å²) in [6.45, 7) is -0.449. The van der Waals surface area contributed by atoms with Crippen LogP contribution in [0.1, 0.15) is 46.1 Å². The number of rotatable bonds is 5. The highest BCUT2D eigenvalue weighted by Gasteiger charge is 2.43. The molecule has 2 atom stereocenters. The van der Waals surface area contributed by atoms with E-state index in [9.17, 15) is 18.4 Å². The molecule has 0 radical (unpaired) electrons. The zero-order valence-corrected chi connectivity index (χ0v) is 19.5. The SMILES string of the molecule is O=C(OCC(=O)N1N=C2/C(=C\c3ccc(F)cc3)CCCC2C1c1ccc(F)cc1)c1cccs1. The molecule has 8 heteroatoms. The van der Waals surface area contributed by atoms with E-state index in [2.05, 4.69) is 0 Å². The van der Waals surface area contributed by atoms with Gasteiger partial charge in [-0.1, -0.05) is 30.3 Å². The molecule has 5 nitrogen and oxygen atoms in total. The van der Waals surface area contributed by atoms with Gasteiger partial charge in [0.25, 0.3) is 5.91 Å². The number of thiophene rings is 1. The number of halogens is 2. The molecule has 3 aromatic rings. The maximum atomic E-state index is 13.6. The Morgan fingerprint density at radius 1 is 1.06 bits per heavy atom. The van der Waals surface area contributed by atoms with Gasteiger partial charge in [0.2, 0.25) is 0 Å². The van der Waals surface area contributed by atoms with E-state index in [0.29, 0.717) is 4.88 Å². The van der Waals surface area contributed by atoms with Gasteiger partial charge >= 0.3 is 5.97 Å². The minimum absolute atomic E-state index is 0.0853. The smallest absolute Gasteiger partial charge is 0.348 e. The number of nitrogens with zero attached hydrogens (tertiary/aromatic N) is 2. The Labute approximate surface area is 205 Å². The van der Waals surface area contributed by atoms with Crippen molar-refractivity contribution in [3.63, 3.8) is 0 Å². The quantitative estimate of drug-likeness (QED) is 0.410. The Hall–Kier alpha value is -3.65. The Kier molecular flexibility index (Phi) is 6.55. The highest BCUT2D eigenvalue weighted by molar-refractivity contribution is 7.11. The number of allylic oxidation sites excluding steroid dienone is 1. The number of benzene rings is 2. The molecule has 35 heavy (non-hydrogen) atoms. The number of fused-ring (bicyclic) bond motifs is 1. The van der Waals surface area contributed by atoms with E-state index >= 15 is 0 Å². The van der Waals surface area contributed by atoms with Gasteiger partial charge in [0.05, 0.1) is 11.8 Å². The largest absolute Gasteiger partial charge is 0.451 e. The van der Waals surface area contributed by atoms with E-state index in [-0.39, 0.29) is 17.6 Å². The predicted molar refractivity (Wildman–Crippen MR) is 130 cm³/mol. The first kappa shape index (κ1) is 23.1. The van der Waals surface area contributed by atoms with Crippen molar-refractivity contribution in [2.24, 2.45) is 11.0 Å². The number of carbonyl (C=O) groups is 2. The van der Waals surface area contributed by atoms with E-state index in [4.69, 9.17) is 9.84 Å². The Balaban J connectivity index is 1.45. The van der Waals surface area contributed by atoms with Crippen LogP contribution in [0.2, 0.25) is 0 Å². The molecular formula is C27H22F2N2O3S. The monoisotopic (exact) mass is 492 g/mol. The number of hydrogen-bond donors (Lipinski definition) is 0. The molecule has 0 bridgehead atoms. The number of ether oxygens (including phenoxy) is 1. The molecule has 2 aliphatic rings. The van der Waals surface area contributed by atoms with Crippen LogP contribution < -0.4 is 0 Å². The molecule has 2 unspecified atom stereocenters. The summed E-state index contributed by atoms with van der Waals surface area (Å²) in [6.07, 6.45) is 4.44. The number of esters is 1. The first-order valence-electron chi connectivity index (χ1n) is 11.3. The summed E-state index contributed by atoms with van der Waals surface area (Å²) in [5.41, 5.74) is 3.37. The van der Waals surface area contributed by atoms with Gasteiger partial charge in [0.1, 0.15) is 16.5 Å². The lowest BCUT2D eigenvalue weighted by Gasteiger charge is -2.29. The van der Waals surface area contributed by atoms with Crippen LogP contribution in [-0.4, -0.2) is 29.2 Å². The van der Waals surface area contributed by atoms with E-state index in [1.54, 1.807) is 41.8 Å². The Morgan fingerprint density at radius 3 is 2.46 bits per heavy atom. The molecule has 0 spiro atoms. The van der Waals surface area contributed by atoms with Gasteiger partial charge in [-0.15, -0.1) is 11.3 Å². The summed E-state index contributed by atoms with van der Waals surface area (Å²) in [4.78, 5) is 25.9. The van der Waals surface area contributed by atoms with Gasteiger partial charge in [0.15, 0.2) is 6.61 Å². The maximum Gasteiger partial charge on any atom is 0.348 e. The Morgan fingerprint density at radius 2 is 1.77 bits per heavy atom. The average Bonchev–Trinajstić information content (AvgIpc) is 3.53. The lowest BCUT2D eigenvalue weighted by molar-refractivity contribution is -0.137. The molecule has 1 amide bonds. The fourth-order valence-electron chi connectivity index (χ4n) is 4.62. The first-order chi connectivity index (χ1) is 17.0. The van der Waals surface area contributed by atoms with Crippen molar-refractivity contribution < 1.29 is 23.1 Å². The number of amides is 1. The first-order valence-corrected chi connectivity index (χ1v) is 12.2. The standard InChI is InChI=1S/C27H22F2N2O3S/c28-20-10-6-17(7-11-20)15-19-3-1-4-22-25(19)30-31(26(22)18-8-12-21(29)13-9-18)24(32)16-34-27(33)23-5-2-14-35-23/h2,5-15,22,26H,1,3-4,16H2/b19-15-. The summed E-state index contributed by atoms with van der Waals surface area (Å²) < 4.78 is 32.2. The van der Waals surface area contributed by atoms with Gasteiger partial charge in [-0.25, -0.2) is 18.6 Å². The fourth-order valence-corrected chi connectivity index (χ4v) is 5.24. The molecule has 1 aliphatic heterocycles. The number of carbonyl (C=O) groups excluding carboxylic acids is 2. The van der Waals surface area contributed by atoms with Crippen LogP contribution in [-0.2, 0) is 9.53 Å². The van der Waals surface area contributed by atoms with Crippen molar-refractivity contribution >= 4 is 35.0 Å². The van der Waals surface area contributed by atoms with Gasteiger partial charge in [0, 0.05) is 5.92 Å².